The summed E-state index contributed by atoms with van der Waals surface area (Å²) in [6.45, 7) is 12.6. The van der Waals surface area contributed by atoms with Gasteiger partial charge < -0.3 is 4.98 Å². The summed E-state index contributed by atoms with van der Waals surface area (Å²) in [5, 5.41) is 0. The van der Waals surface area contributed by atoms with Crippen LogP contribution in [0.15, 0.2) is 60.2 Å². The fourth-order valence-corrected chi connectivity index (χ4v) is 1.92. The van der Waals surface area contributed by atoms with Crippen molar-refractivity contribution < 1.29 is 4.39 Å². The molecule has 1 heterocycles. The van der Waals surface area contributed by atoms with Gasteiger partial charge in [0, 0.05) is 23.0 Å². The fraction of sp³-hybridized carbons (Fsp3) is 0.167. The van der Waals surface area contributed by atoms with Crippen LogP contribution < -0.4 is 5.43 Å². The normalized spacial score (nSPS) is 12.1. The van der Waals surface area contributed by atoms with Crippen LogP contribution in [0.4, 0.5) is 4.39 Å². The van der Waals surface area contributed by atoms with Crippen molar-refractivity contribution in [3.8, 4) is 0 Å². The van der Waals surface area contributed by atoms with Crippen LogP contribution in [-0.2, 0) is 6.42 Å². The lowest BCUT2D eigenvalue weighted by atomic mass is 10.1. The Morgan fingerprint density at radius 1 is 1.33 bits per heavy atom. The fourth-order valence-electron chi connectivity index (χ4n) is 1.92. The monoisotopic (exact) mass is 285 g/mol. The first-order chi connectivity index (χ1) is 10.0. The van der Waals surface area contributed by atoms with Crippen molar-refractivity contribution in [3.05, 3.63) is 82.6 Å². The molecule has 0 bridgehead atoms. The van der Waals surface area contributed by atoms with Gasteiger partial charge in [0.1, 0.15) is 5.83 Å². The van der Waals surface area contributed by atoms with Crippen molar-refractivity contribution in [2.24, 2.45) is 0 Å². The summed E-state index contributed by atoms with van der Waals surface area (Å²) in [7, 11) is 0. The van der Waals surface area contributed by atoms with Gasteiger partial charge in [-0.05, 0) is 37.5 Å². The van der Waals surface area contributed by atoms with Crippen molar-refractivity contribution in [2.75, 3.05) is 0 Å². The Kier molecular flexibility index (Phi) is 6.34. The Morgan fingerprint density at radius 3 is 2.57 bits per heavy atom. The van der Waals surface area contributed by atoms with Crippen LogP contribution >= 0.6 is 0 Å². The van der Waals surface area contributed by atoms with Gasteiger partial charge >= 0.3 is 0 Å². The van der Waals surface area contributed by atoms with Crippen LogP contribution in [0, 0.1) is 0 Å². The number of hydrogen-bond donors (Lipinski definition) is 1. The van der Waals surface area contributed by atoms with Crippen LogP contribution in [0.25, 0.3) is 12.2 Å². The third kappa shape index (κ3) is 4.56. The first-order valence-corrected chi connectivity index (χ1v) is 6.71. The predicted molar refractivity (Wildman–Crippen MR) is 88.7 cm³/mol. The number of H-pyrrole nitrogens is 1. The molecule has 0 fully saturated rings. The molecule has 0 amide bonds. The molecule has 0 aliphatic heterocycles. The molecule has 110 valence electrons. The van der Waals surface area contributed by atoms with E-state index in [4.69, 9.17) is 0 Å². The Labute approximate surface area is 124 Å². The van der Waals surface area contributed by atoms with E-state index < -0.39 is 0 Å². The van der Waals surface area contributed by atoms with Crippen molar-refractivity contribution in [3.63, 3.8) is 0 Å². The van der Waals surface area contributed by atoms with Crippen LogP contribution in [0.3, 0.4) is 0 Å². The van der Waals surface area contributed by atoms with Gasteiger partial charge in [-0.25, -0.2) is 4.39 Å². The molecule has 0 unspecified atom stereocenters. The molecule has 2 nitrogen and oxygen atoms in total. The highest BCUT2D eigenvalue weighted by atomic mass is 19.1. The lowest BCUT2D eigenvalue weighted by Gasteiger charge is -2.07. The first-order valence-electron chi connectivity index (χ1n) is 6.71. The molecule has 21 heavy (non-hydrogen) atoms. The van der Waals surface area contributed by atoms with Gasteiger partial charge in [0.2, 0.25) is 0 Å². The first kappa shape index (κ1) is 16.6. The predicted octanol–water partition coefficient (Wildman–Crippen LogP) is 4.58. The number of pyridine rings is 1. The minimum atomic E-state index is -0.299. The quantitative estimate of drug-likeness (QED) is 0.731. The van der Waals surface area contributed by atoms with E-state index >= 15 is 0 Å². The molecule has 0 aliphatic rings. The van der Waals surface area contributed by atoms with Crippen LogP contribution in [-0.4, -0.2) is 4.98 Å². The molecule has 1 aromatic heterocycles. The second kappa shape index (κ2) is 8.00. The summed E-state index contributed by atoms with van der Waals surface area (Å²) in [4.78, 5) is 15.1. The highest BCUT2D eigenvalue weighted by molar-refractivity contribution is 5.60. The number of allylic oxidation sites excluding steroid dienone is 5. The minimum Gasteiger partial charge on any atom is -0.358 e. The van der Waals surface area contributed by atoms with E-state index in [1.807, 2.05) is 0 Å². The third-order valence-corrected chi connectivity index (χ3v) is 3.11. The molecule has 0 saturated carbocycles. The lowest BCUT2D eigenvalue weighted by Crippen LogP contribution is -2.10. The highest BCUT2D eigenvalue weighted by Crippen LogP contribution is 2.13. The zero-order chi connectivity index (χ0) is 15.8. The summed E-state index contributed by atoms with van der Waals surface area (Å²) in [5.74, 6) is -0.299. The molecule has 1 aromatic rings. The lowest BCUT2D eigenvalue weighted by molar-refractivity contribution is 0.662. The van der Waals surface area contributed by atoms with Crippen molar-refractivity contribution in [2.45, 2.75) is 19.8 Å². The molecule has 0 saturated heterocycles. The standard InChI is InChI=1S/C18H20FNO/c1-5-13(11-14(19)6-2)9-10-15-12-18(21)16(7-3)17(8-4)20-15/h5-8,11-12H,1,3-4,9-10H2,2H3,(H,20,21)/b13-11+,14-6+. The Morgan fingerprint density at radius 2 is 2.05 bits per heavy atom. The number of halogens is 1. The maximum absolute atomic E-state index is 13.2. The zero-order valence-corrected chi connectivity index (χ0v) is 12.3. The number of aromatic nitrogens is 1. The van der Waals surface area contributed by atoms with Crippen LogP contribution in [0.1, 0.15) is 30.3 Å². The molecule has 1 rings (SSSR count). The number of aryl methyl sites for hydroxylation is 1. The topological polar surface area (TPSA) is 32.9 Å². The molecule has 0 radical (unpaired) electrons. The van der Waals surface area contributed by atoms with E-state index in [0.29, 0.717) is 24.1 Å². The largest absolute Gasteiger partial charge is 0.358 e. The number of aromatic amines is 1. The molecular formula is C18H20FNO. The molecule has 0 aromatic carbocycles. The molecule has 3 heteroatoms. The van der Waals surface area contributed by atoms with Crippen LogP contribution in [0.5, 0.6) is 0 Å². The average molecular weight is 285 g/mol. The second-order valence-electron chi connectivity index (χ2n) is 4.49. The zero-order valence-electron chi connectivity index (χ0n) is 12.3. The Hall–Kier alpha value is -2.42. The highest BCUT2D eigenvalue weighted by Gasteiger charge is 2.05. The van der Waals surface area contributed by atoms with Crippen molar-refractivity contribution in [1.29, 1.82) is 0 Å². The van der Waals surface area contributed by atoms with E-state index in [0.717, 1.165) is 11.3 Å². The maximum atomic E-state index is 13.2. The molecule has 0 atom stereocenters. The van der Waals surface area contributed by atoms with Crippen molar-refractivity contribution in [1.82, 2.24) is 4.98 Å². The molecular weight excluding hydrogens is 265 g/mol. The van der Waals surface area contributed by atoms with E-state index in [-0.39, 0.29) is 11.3 Å². The van der Waals surface area contributed by atoms with Gasteiger partial charge in [-0.15, -0.1) is 0 Å². The number of hydrogen-bond acceptors (Lipinski definition) is 1. The van der Waals surface area contributed by atoms with Gasteiger partial charge in [0.05, 0.1) is 0 Å². The van der Waals surface area contributed by atoms with E-state index in [1.165, 1.54) is 24.3 Å². The van der Waals surface area contributed by atoms with E-state index in [2.05, 4.69) is 24.7 Å². The van der Waals surface area contributed by atoms with Gasteiger partial charge in [0.25, 0.3) is 0 Å². The summed E-state index contributed by atoms with van der Waals surface area (Å²) in [6, 6.07) is 1.54. The van der Waals surface area contributed by atoms with Gasteiger partial charge in [-0.3, -0.25) is 4.79 Å². The van der Waals surface area contributed by atoms with Crippen LogP contribution in [0.2, 0.25) is 0 Å². The summed E-state index contributed by atoms with van der Waals surface area (Å²) < 4.78 is 13.2. The maximum Gasteiger partial charge on any atom is 0.189 e. The summed E-state index contributed by atoms with van der Waals surface area (Å²) in [5.41, 5.74) is 2.61. The summed E-state index contributed by atoms with van der Waals surface area (Å²) >= 11 is 0. The third-order valence-electron chi connectivity index (χ3n) is 3.11. The smallest absolute Gasteiger partial charge is 0.189 e. The van der Waals surface area contributed by atoms with E-state index in [1.54, 1.807) is 19.1 Å². The SMILES string of the molecule is C=C/C(=C\C(F)=C/C)CCc1cc(=O)c(C=C)c(C=C)[nH]1. The van der Waals surface area contributed by atoms with Gasteiger partial charge in [-0.1, -0.05) is 38.0 Å². The molecule has 1 N–H and O–H groups in total. The Bertz CT molecular complexity index is 662. The minimum absolute atomic E-state index is 0.0996. The number of rotatable bonds is 7. The van der Waals surface area contributed by atoms with Gasteiger partial charge in [-0.2, -0.15) is 0 Å². The van der Waals surface area contributed by atoms with Gasteiger partial charge in [0.15, 0.2) is 5.43 Å². The molecule has 0 aliphatic carbocycles. The van der Waals surface area contributed by atoms with Crippen molar-refractivity contribution >= 4 is 12.2 Å². The molecule has 0 spiro atoms. The average Bonchev–Trinajstić information content (AvgIpc) is 2.50. The number of nitrogens with one attached hydrogen (secondary N) is 1. The second-order valence-corrected chi connectivity index (χ2v) is 4.49. The van der Waals surface area contributed by atoms with E-state index in [9.17, 15) is 9.18 Å². The Balaban J connectivity index is 2.99. The summed E-state index contributed by atoms with van der Waals surface area (Å²) in [6.07, 6.45) is 8.72.